The quantitative estimate of drug-likeness (QED) is 0.785. The van der Waals surface area contributed by atoms with Crippen molar-refractivity contribution in [2.75, 3.05) is 7.11 Å². The number of pyridine rings is 1. The van der Waals surface area contributed by atoms with E-state index in [4.69, 9.17) is 32.7 Å². The lowest BCUT2D eigenvalue weighted by Gasteiger charge is -2.08. The number of aromatic nitrogens is 1. The Morgan fingerprint density at radius 1 is 1.22 bits per heavy atom. The summed E-state index contributed by atoms with van der Waals surface area (Å²) in [4.78, 5) is 4.12. The Hall–Kier alpha value is -1.45. The van der Waals surface area contributed by atoms with Crippen molar-refractivity contribution >= 4 is 23.2 Å². The number of halogens is 2. The van der Waals surface area contributed by atoms with Gasteiger partial charge in [0.25, 0.3) is 0 Å². The molecule has 0 amide bonds. The standard InChI is InChI=1S/C13H11Cl2NO2/c1-17-10-3-2-4-11(6-10)18-13-12(15)5-9(7-14)8-16-13/h2-6,8H,7H2,1H3. The van der Waals surface area contributed by atoms with E-state index in [9.17, 15) is 0 Å². The van der Waals surface area contributed by atoms with Crippen LogP contribution in [-0.2, 0) is 5.88 Å². The molecule has 1 heterocycles. The molecule has 0 fully saturated rings. The zero-order valence-corrected chi connectivity index (χ0v) is 11.2. The minimum Gasteiger partial charge on any atom is -0.497 e. The van der Waals surface area contributed by atoms with Crippen LogP contribution in [0.1, 0.15) is 5.56 Å². The van der Waals surface area contributed by atoms with Crippen LogP contribution >= 0.6 is 23.2 Å². The minimum absolute atomic E-state index is 0.346. The Morgan fingerprint density at radius 3 is 2.67 bits per heavy atom. The Labute approximate surface area is 115 Å². The molecule has 94 valence electrons. The van der Waals surface area contributed by atoms with Gasteiger partial charge in [-0.25, -0.2) is 4.98 Å². The molecule has 0 aliphatic heterocycles. The monoisotopic (exact) mass is 283 g/mol. The van der Waals surface area contributed by atoms with Crippen molar-refractivity contribution in [1.82, 2.24) is 4.98 Å². The highest BCUT2D eigenvalue weighted by atomic mass is 35.5. The van der Waals surface area contributed by atoms with Gasteiger partial charge in [-0.05, 0) is 23.8 Å². The van der Waals surface area contributed by atoms with Crippen LogP contribution < -0.4 is 9.47 Å². The van der Waals surface area contributed by atoms with Gasteiger partial charge >= 0.3 is 0 Å². The van der Waals surface area contributed by atoms with E-state index in [0.717, 1.165) is 5.56 Å². The molecule has 3 nitrogen and oxygen atoms in total. The number of alkyl halides is 1. The lowest BCUT2D eigenvalue weighted by Crippen LogP contribution is -1.91. The normalized spacial score (nSPS) is 10.2. The Bertz CT molecular complexity index is 546. The van der Waals surface area contributed by atoms with Gasteiger partial charge in [-0.3, -0.25) is 0 Å². The van der Waals surface area contributed by atoms with E-state index in [-0.39, 0.29) is 0 Å². The van der Waals surface area contributed by atoms with Crippen LogP contribution in [0.25, 0.3) is 0 Å². The van der Waals surface area contributed by atoms with E-state index in [1.54, 1.807) is 31.5 Å². The summed E-state index contributed by atoms with van der Waals surface area (Å²) >= 11 is 11.7. The lowest BCUT2D eigenvalue weighted by molar-refractivity contribution is 0.407. The zero-order valence-electron chi connectivity index (χ0n) is 9.69. The third kappa shape index (κ3) is 3.06. The largest absolute Gasteiger partial charge is 0.497 e. The van der Waals surface area contributed by atoms with Crippen LogP contribution in [0.2, 0.25) is 5.02 Å². The first-order chi connectivity index (χ1) is 8.72. The molecule has 0 radical (unpaired) electrons. The average molecular weight is 284 g/mol. The number of hydrogen-bond donors (Lipinski definition) is 0. The molecule has 0 bridgehead atoms. The molecule has 0 saturated carbocycles. The summed E-state index contributed by atoms with van der Waals surface area (Å²) in [6.07, 6.45) is 1.63. The summed E-state index contributed by atoms with van der Waals surface area (Å²) in [6, 6.07) is 8.95. The second-order valence-electron chi connectivity index (χ2n) is 3.55. The second-order valence-corrected chi connectivity index (χ2v) is 4.22. The van der Waals surface area contributed by atoms with Gasteiger partial charge in [-0.15, -0.1) is 11.6 Å². The fraction of sp³-hybridized carbons (Fsp3) is 0.154. The maximum Gasteiger partial charge on any atom is 0.238 e. The summed E-state index contributed by atoms with van der Waals surface area (Å²) < 4.78 is 10.7. The summed E-state index contributed by atoms with van der Waals surface area (Å²) in [7, 11) is 1.60. The highest BCUT2D eigenvalue weighted by molar-refractivity contribution is 6.32. The van der Waals surface area contributed by atoms with Crippen molar-refractivity contribution in [2.24, 2.45) is 0 Å². The molecule has 5 heteroatoms. The predicted molar refractivity (Wildman–Crippen MR) is 71.9 cm³/mol. The third-order valence-electron chi connectivity index (χ3n) is 2.27. The van der Waals surface area contributed by atoms with E-state index in [1.807, 2.05) is 12.1 Å². The molecule has 1 aromatic heterocycles. The van der Waals surface area contributed by atoms with Gasteiger partial charge < -0.3 is 9.47 Å². The van der Waals surface area contributed by atoms with Gasteiger partial charge in [0.1, 0.15) is 16.5 Å². The fourth-order valence-electron chi connectivity index (χ4n) is 1.39. The molecule has 0 aliphatic carbocycles. The van der Waals surface area contributed by atoms with Crippen molar-refractivity contribution < 1.29 is 9.47 Å². The van der Waals surface area contributed by atoms with E-state index >= 15 is 0 Å². The van der Waals surface area contributed by atoms with Gasteiger partial charge in [0.05, 0.1) is 7.11 Å². The zero-order chi connectivity index (χ0) is 13.0. The van der Waals surface area contributed by atoms with Gasteiger partial charge in [-0.2, -0.15) is 0 Å². The first kappa shape index (κ1) is 13.0. The first-order valence-corrected chi connectivity index (χ1v) is 6.16. The number of nitrogens with zero attached hydrogens (tertiary/aromatic N) is 1. The second kappa shape index (κ2) is 5.94. The number of benzene rings is 1. The number of ether oxygens (including phenoxy) is 2. The molecule has 0 atom stereocenters. The topological polar surface area (TPSA) is 31.4 Å². The molecular formula is C13H11Cl2NO2. The number of hydrogen-bond acceptors (Lipinski definition) is 3. The molecule has 0 unspecified atom stereocenters. The van der Waals surface area contributed by atoms with Crippen molar-refractivity contribution in [3.63, 3.8) is 0 Å². The van der Waals surface area contributed by atoms with E-state index in [1.165, 1.54) is 0 Å². The molecule has 2 aromatic rings. The maximum atomic E-state index is 6.05. The first-order valence-electron chi connectivity index (χ1n) is 5.25. The van der Waals surface area contributed by atoms with Crippen LogP contribution in [0.4, 0.5) is 0 Å². The minimum atomic E-state index is 0.346. The molecular weight excluding hydrogens is 273 g/mol. The van der Waals surface area contributed by atoms with Gasteiger partial charge in [0.15, 0.2) is 0 Å². The molecule has 0 saturated heterocycles. The molecule has 0 aliphatic rings. The van der Waals surface area contributed by atoms with Crippen molar-refractivity contribution in [1.29, 1.82) is 0 Å². The van der Waals surface area contributed by atoms with Gasteiger partial charge in [-0.1, -0.05) is 17.7 Å². The van der Waals surface area contributed by atoms with Crippen LogP contribution in [0.3, 0.4) is 0 Å². The van der Waals surface area contributed by atoms with Crippen LogP contribution in [0, 0.1) is 0 Å². The lowest BCUT2D eigenvalue weighted by atomic mass is 10.3. The van der Waals surface area contributed by atoms with Crippen molar-refractivity contribution in [3.05, 3.63) is 47.1 Å². The van der Waals surface area contributed by atoms with Crippen molar-refractivity contribution in [2.45, 2.75) is 5.88 Å². The van der Waals surface area contributed by atoms with Crippen LogP contribution in [0.5, 0.6) is 17.4 Å². The summed E-state index contributed by atoms with van der Waals surface area (Å²) in [6.45, 7) is 0. The maximum absolute atomic E-state index is 6.05. The smallest absolute Gasteiger partial charge is 0.238 e. The summed E-state index contributed by atoms with van der Waals surface area (Å²) in [5, 5.41) is 0.427. The fourth-order valence-corrected chi connectivity index (χ4v) is 1.76. The SMILES string of the molecule is COc1cccc(Oc2ncc(CCl)cc2Cl)c1. The molecule has 0 spiro atoms. The average Bonchev–Trinajstić information content (AvgIpc) is 2.41. The van der Waals surface area contributed by atoms with Gasteiger partial charge in [0.2, 0.25) is 5.88 Å². The van der Waals surface area contributed by atoms with Gasteiger partial charge in [0, 0.05) is 18.1 Å². The van der Waals surface area contributed by atoms with E-state index in [0.29, 0.717) is 28.3 Å². The number of methoxy groups -OCH3 is 1. The van der Waals surface area contributed by atoms with Crippen LogP contribution in [0.15, 0.2) is 36.5 Å². The van der Waals surface area contributed by atoms with Crippen molar-refractivity contribution in [3.8, 4) is 17.4 Å². The predicted octanol–water partition coefficient (Wildman–Crippen LogP) is 4.27. The van der Waals surface area contributed by atoms with E-state index < -0.39 is 0 Å². The molecule has 1 aromatic carbocycles. The molecule has 18 heavy (non-hydrogen) atoms. The number of rotatable bonds is 4. The Balaban J connectivity index is 2.22. The summed E-state index contributed by atoms with van der Waals surface area (Å²) in [5.74, 6) is 2.04. The highest BCUT2D eigenvalue weighted by Gasteiger charge is 2.06. The molecule has 2 rings (SSSR count). The molecule has 0 N–H and O–H groups in total. The third-order valence-corrected chi connectivity index (χ3v) is 2.85. The Morgan fingerprint density at radius 2 is 2.00 bits per heavy atom. The summed E-state index contributed by atoms with van der Waals surface area (Å²) in [5.41, 5.74) is 0.847. The highest BCUT2D eigenvalue weighted by Crippen LogP contribution is 2.29. The van der Waals surface area contributed by atoms with Crippen LogP contribution in [-0.4, -0.2) is 12.1 Å². The Kier molecular flexibility index (Phi) is 4.28. The van der Waals surface area contributed by atoms with E-state index in [2.05, 4.69) is 4.98 Å².